The van der Waals surface area contributed by atoms with Crippen LogP contribution in [0.2, 0.25) is 5.02 Å². The molecule has 1 atom stereocenters. The number of amides is 1. The van der Waals surface area contributed by atoms with E-state index in [1.807, 2.05) is 0 Å². The number of carbonyl (C=O) groups excluding carboxylic acids is 1. The van der Waals surface area contributed by atoms with E-state index in [-0.39, 0.29) is 13.1 Å². The number of aromatic amines is 1. The Morgan fingerprint density at radius 1 is 1.38 bits per heavy atom. The second kappa shape index (κ2) is 7.82. The third kappa shape index (κ3) is 4.73. The third-order valence-electron chi connectivity index (χ3n) is 4.00. The van der Waals surface area contributed by atoms with Gasteiger partial charge in [0.2, 0.25) is 5.91 Å². The van der Waals surface area contributed by atoms with Crippen LogP contribution >= 0.6 is 11.6 Å². The lowest BCUT2D eigenvalue weighted by Gasteiger charge is -2.23. The zero-order valence-electron chi connectivity index (χ0n) is 15.2. The van der Waals surface area contributed by atoms with Gasteiger partial charge in [-0.2, -0.15) is 13.2 Å². The first-order chi connectivity index (χ1) is 13.5. The Hall–Kier alpha value is -2.95. The highest BCUT2D eigenvalue weighted by molar-refractivity contribution is 6.31. The van der Waals surface area contributed by atoms with Crippen LogP contribution in [0.15, 0.2) is 24.7 Å². The fraction of sp³-hybridized carbons (Fsp3) is 0.294. The van der Waals surface area contributed by atoms with Crippen molar-refractivity contribution in [3.8, 4) is 11.4 Å². The molecule has 0 aliphatic heterocycles. The molecule has 0 saturated heterocycles. The van der Waals surface area contributed by atoms with Crippen molar-refractivity contribution in [2.24, 2.45) is 0 Å². The van der Waals surface area contributed by atoms with Gasteiger partial charge in [0.05, 0.1) is 11.2 Å². The lowest BCUT2D eigenvalue weighted by Crippen LogP contribution is -2.43. The third-order valence-corrected chi connectivity index (χ3v) is 4.21. The van der Waals surface area contributed by atoms with E-state index in [1.54, 1.807) is 12.3 Å². The largest absolute Gasteiger partial charge is 0.406 e. The number of nitrogens with zero attached hydrogens (tertiary/aromatic N) is 4. The fourth-order valence-corrected chi connectivity index (χ4v) is 2.86. The smallest absolute Gasteiger partial charge is 0.356 e. The van der Waals surface area contributed by atoms with Crippen LogP contribution in [0.3, 0.4) is 0 Å². The van der Waals surface area contributed by atoms with Gasteiger partial charge in [0.1, 0.15) is 18.2 Å². The second-order valence-electron chi connectivity index (χ2n) is 6.32. The lowest BCUT2D eigenvalue weighted by atomic mass is 10.2. The van der Waals surface area contributed by atoms with E-state index in [0.29, 0.717) is 26.5 Å². The summed E-state index contributed by atoms with van der Waals surface area (Å²) in [5.41, 5.74) is 1.01. The molecule has 0 spiro atoms. The molecule has 1 amide bonds. The van der Waals surface area contributed by atoms with Gasteiger partial charge in [-0.05, 0) is 13.0 Å². The number of alkyl halides is 3. The maximum absolute atomic E-state index is 14.2. The molecule has 3 rings (SSSR count). The van der Waals surface area contributed by atoms with Crippen LogP contribution in [0.5, 0.6) is 0 Å². The molecule has 0 aliphatic carbocycles. The predicted molar refractivity (Wildman–Crippen MR) is 101 cm³/mol. The molecule has 0 aliphatic rings. The number of rotatable bonds is 5. The average Bonchev–Trinajstić information content (AvgIpc) is 3.04. The number of pyridine rings is 1. The first kappa shape index (κ1) is 20.8. The standard InChI is InChI=1S/C17H15ClF4N6O.H2/c1-8(16(29)28(2)7-17(20,21)22)26-15-12(19)6-25-14(27-15)11-5-24-13-10(11)3-9(18)4-23-13;/h3-6,8H,7H2,1-2H3,(H,23,24)(H,25,26,27);1H/t8-;/m1./s1. The molecule has 3 heterocycles. The van der Waals surface area contributed by atoms with Crippen molar-refractivity contribution >= 4 is 34.4 Å². The van der Waals surface area contributed by atoms with Gasteiger partial charge in [-0.1, -0.05) is 11.6 Å². The summed E-state index contributed by atoms with van der Waals surface area (Å²) in [6.07, 6.45) is -0.621. The number of hydrogen-bond acceptors (Lipinski definition) is 5. The molecular weight excluding hydrogens is 416 g/mol. The number of anilines is 1. The average molecular weight is 433 g/mol. The Labute approximate surface area is 168 Å². The first-order valence-corrected chi connectivity index (χ1v) is 8.67. The predicted octanol–water partition coefficient (Wildman–Crippen LogP) is 3.88. The van der Waals surface area contributed by atoms with Crippen molar-refractivity contribution < 1.29 is 23.8 Å². The Morgan fingerprint density at radius 2 is 2.10 bits per heavy atom. The van der Waals surface area contributed by atoms with Crippen LogP contribution in [0.1, 0.15) is 8.35 Å². The SMILES string of the molecule is C[C@@H](Nc1nc(-c2c[nH]c3ncc(Cl)cc23)ncc1F)C(=O)N(C)CC(F)(F)F.[HH]. The summed E-state index contributed by atoms with van der Waals surface area (Å²) in [5, 5.41) is 3.48. The molecule has 0 aromatic carbocycles. The van der Waals surface area contributed by atoms with Gasteiger partial charge in [-0.25, -0.2) is 19.3 Å². The molecule has 29 heavy (non-hydrogen) atoms. The Balaban J connectivity index is 0.00000320. The topological polar surface area (TPSA) is 86.8 Å². The van der Waals surface area contributed by atoms with Crippen molar-refractivity contribution in [1.82, 2.24) is 24.8 Å². The molecule has 3 aromatic heterocycles. The van der Waals surface area contributed by atoms with E-state index < -0.39 is 30.5 Å². The van der Waals surface area contributed by atoms with Crippen LogP contribution in [-0.2, 0) is 4.79 Å². The zero-order valence-corrected chi connectivity index (χ0v) is 15.9. The summed E-state index contributed by atoms with van der Waals surface area (Å²) < 4.78 is 51.6. The summed E-state index contributed by atoms with van der Waals surface area (Å²) in [6.45, 7) is -0.107. The van der Waals surface area contributed by atoms with E-state index >= 15 is 0 Å². The number of hydrogen-bond donors (Lipinski definition) is 2. The number of aromatic nitrogens is 4. The highest BCUT2D eigenvalue weighted by Gasteiger charge is 2.32. The van der Waals surface area contributed by atoms with Crippen LogP contribution in [0, 0.1) is 5.82 Å². The Morgan fingerprint density at radius 3 is 2.79 bits per heavy atom. The second-order valence-corrected chi connectivity index (χ2v) is 6.75. The number of H-pyrrole nitrogens is 1. The maximum Gasteiger partial charge on any atom is 0.406 e. The van der Waals surface area contributed by atoms with E-state index in [1.165, 1.54) is 13.1 Å². The molecule has 0 radical (unpaired) electrons. The van der Waals surface area contributed by atoms with Crippen molar-refractivity contribution in [3.05, 3.63) is 35.5 Å². The monoisotopic (exact) mass is 432 g/mol. The van der Waals surface area contributed by atoms with Gasteiger partial charge in [0, 0.05) is 31.8 Å². The van der Waals surface area contributed by atoms with Gasteiger partial charge in [-0.15, -0.1) is 0 Å². The highest BCUT2D eigenvalue weighted by Crippen LogP contribution is 2.28. The Kier molecular flexibility index (Phi) is 5.60. The van der Waals surface area contributed by atoms with E-state index in [9.17, 15) is 22.4 Å². The summed E-state index contributed by atoms with van der Waals surface area (Å²) in [7, 11) is 1.01. The van der Waals surface area contributed by atoms with Crippen LogP contribution in [0.4, 0.5) is 23.4 Å². The van der Waals surface area contributed by atoms with E-state index in [4.69, 9.17) is 11.6 Å². The molecule has 0 saturated carbocycles. The first-order valence-electron chi connectivity index (χ1n) is 8.29. The zero-order chi connectivity index (χ0) is 21.3. The number of fused-ring (bicyclic) bond motifs is 1. The summed E-state index contributed by atoms with van der Waals surface area (Å²) in [5.74, 6) is -1.93. The van der Waals surface area contributed by atoms with Gasteiger partial charge >= 0.3 is 6.18 Å². The van der Waals surface area contributed by atoms with E-state index in [0.717, 1.165) is 13.2 Å². The molecule has 0 bridgehead atoms. The fourth-order valence-electron chi connectivity index (χ4n) is 2.71. The van der Waals surface area contributed by atoms with Crippen LogP contribution < -0.4 is 5.32 Å². The van der Waals surface area contributed by atoms with E-state index in [2.05, 4.69) is 25.3 Å². The minimum absolute atomic E-state index is 0. The summed E-state index contributed by atoms with van der Waals surface area (Å²) in [4.78, 5) is 27.7. The Bertz CT molecular complexity index is 1060. The van der Waals surface area contributed by atoms with Gasteiger partial charge in [0.25, 0.3) is 0 Å². The minimum atomic E-state index is -4.54. The quantitative estimate of drug-likeness (QED) is 0.597. The number of carbonyl (C=O) groups is 1. The van der Waals surface area contributed by atoms with Crippen molar-refractivity contribution in [3.63, 3.8) is 0 Å². The summed E-state index contributed by atoms with van der Waals surface area (Å²) >= 11 is 5.96. The van der Waals surface area contributed by atoms with Crippen molar-refractivity contribution in [2.75, 3.05) is 18.9 Å². The minimum Gasteiger partial charge on any atom is -0.356 e. The van der Waals surface area contributed by atoms with Crippen LogP contribution in [-0.4, -0.2) is 56.6 Å². The molecule has 12 heteroatoms. The van der Waals surface area contributed by atoms with Crippen LogP contribution in [0.25, 0.3) is 22.4 Å². The highest BCUT2D eigenvalue weighted by atomic mass is 35.5. The molecule has 0 unspecified atom stereocenters. The van der Waals surface area contributed by atoms with Gasteiger partial charge in [0.15, 0.2) is 17.5 Å². The molecule has 156 valence electrons. The summed E-state index contributed by atoms with van der Waals surface area (Å²) in [6, 6.07) is 0.479. The molecule has 7 nitrogen and oxygen atoms in total. The van der Waals surface area contributed by atoms with Crippen molar-refractivity contribution in [1.29, 1.82) is 0 Å². The molecular formula is C17H17ClF4N6O. The molecule has 2 N–H and O–H groups in total. The van der Waals surface area contributed by atoms with Crippen molar-refractivity contribution in [2.45, 2.75) is 19.1 Å². The maximum atomic E-state index is 14.2. The van der Waals surface area contributed by atoms with Gasteiger partial charge < -0.3 is 15.2 Å². The molecule has 3 aromatic rings. The normalized spacial score (nSPS) is 12.8. The molecule has 0 fully saturated rings. The lowest BCUT2D eigenvalue weighted by molar-refractivity contribution is -0.158. The number of nitrogens with one attached hydrogen (secondary N) is 2. The van der Waals surface area contributed by atoms with Gasteiger partial charge in [-0.3, -0.25) is 4.79 Å². The number of halogens is 5. The number of likely N-dealkylation sites (N-methyl/N-ethyl adjacent to an activating group) is 1.